The van der Waals surface area contributed by atoms with E-state index in [9.17, 15) is 4.79 Å². The highest BCUT2D eigenvalue weighted by Gasteiger charge is 2.21. The van der Waals surface area contributed by atoms with Crippen molar-refractivity contribution >= 4 is 11.9 Å². The van der Waals surface area contributed by atoms with Gasteiger partial charge in [-0.1, -0.05) is 6.07 Å². The Hall–Kier alpha value is -2.58. The molecular formula is C21H28N6O2. The molecule has 0 aromatic carbocycles. The second-order valence-electron chi connectivity index (χ2n) is 7.57. The summed E-state index contributed by atoms with van der Waals surface area (Å²) in [5.74, 6) is 0.657. The van der Waals surface area contributed by atoms with Crippen molar-refractivity contribution in [2.45, 2.75) is 31.9 Å². The van der Waals surface area contributed by atoms with Crippen molar-refractivity contribution in [3.63, 3.8) is 0 Å². The molecule has 1 amide bonds. The number of pyridine rings is 1. The fourth-order valence-electron chi connectivity index (χ4n) is 3.78. The third-order valence-corrected chi connectivity index (χ3v) is 5.38. The molecular weight excluding hydrogens is 368 g/mol. The van der Waals surface area contributed by atoms with E-state index in [4.69, 9.17) is 4.74 Å². The highest BCUT2D eigenvalue weighted by Crippen LogP contribution is 2.13. The van der Waals surface area contributed by atoms with Crippen molar-refractivity contribution in [1.82, 2.24) is 24.8 Å². The van der Waals surface area contributed by atoms with Gasteiger partial charge in [-0.3, -0.25) is 14.7 Å². The lowest BCUT2D eigenvalue weighted by molar-refractivity contribution is 0.0755. The number of aromatic nitrogens is 3. The SMILES string of the molecule is O=C(c1ccccn1)N1CCCN(Cc2cnc(NCC3CCCO3)nc2)CC1. The molecule has 2 aliphatic heterocycles. The van der Waals surface area contributed by atoms with E-state index in [-0.39, 0.29) is 12.0 Å². The fraction of sp³-hybridized carbons (Fsp3) is 0.524. The molecule has 0 radical (unpaired) electrons. The maximum absolute atomic E-state index is 12.6. The third kappa shape index (κ3) is 5.48. The highest BCUT2D eigenvalue weighted by atomic mass is 16.5. The number of carbonyl (C=O) groups excluding carboxylic acids is 1. The van der Waals surface area contributed by atoms with E-state index >= 15 is 0 Å². The molecule has 1 N–H and O–H groups in total. The van der Waals surface area contributed by atoms with Gasteiger partial charge in [0.2, 0.25) is 5.95 Å². The molecule has 4 rings (SSSR count). The van der Waals surface area contributed by atoms with Crippen molar-refractivity contribution in [1.29, 1.82) is 0 Å². The first-order valence-corrected chi connectivity index (χ1v) is 10.4. The summed E-state index contributed by atoms with van der Waals surface area (Å²) in [6.45, 7) is 5.64. The Kier molecular flexibility index (Phi) is 6.63. The average molecular weight is 396 g/mol. The zero-order valence-corrected chi connectivity index (χ0v) is 16.7. The fourth-order valence-corrected chi connectivity index (χ4v) is 3.78. The summed E-state index contributed by atoms with van der Waals surface area (Å²) in [7, 11) is 0. The molecule has 2 aromatic rings. The second-order valence-corrected chi connectivity index (χ2v) is 7.57. The van der Waals surface area contributed by atoms with Crippen molar-refractivity contribution in [3.05, 3.63) is 48.0 Å². The largest absolute Gasteiger partial charge is 0.376 e. The lowest BCUT2D eigenvalue weighted by atomic mass is 10.2. The molecule has 2 aromatic heterocycles. The summed E-state index contributed by atoms with van der Waals surface area (Å²) in [6.07, 6.45) is 8.87. The van der Waals surface area contributed by atoms with Crippen molar-refractivity contribution in [3.8, 4) is 0 Å². The molecule has 0 spiro atoms. The zero-order chi connectivity index (χ0) is 19.9. The van der Waals surface area contributed by atoms with E-state index in [1.807, 2.05) is 29.4 Å². The molecule has 0 aliphatic carbocycles. The summed E-state index contributed by atoms with van der Waals surface area (Å²) in [5, 5.41) is 3.25. The predicted octanol–water partition coefficient (Wildman–Crippen LogP) is 1.81. The van der Waals surface area contributed by atoms with Crippen molar-refractivity contribution < 1.29 is 9.53 Å². The number of hydrogen-bond acceptors (Lipinski definition) is 7. The Labute approximate surface area is 171 Å². The predicted molar refractivity (Wildman–Crippen MR) is 110 cm³/mol. The molecule has 8 heteroatoms. The van der Waals surface area contributed by atoms with Crippen LogP contribution in [0.5, 0.6) is 0 Å². The lowest BCUT2D eigenvalue weighted by Gasteiger charge is -2.21. The van der Waals surface area contributed by atoms with Gasteiger partial charge >= 0.3 is 0 Å². The van der Waals surface area contributed by atoms with E-state index in [1.54, 1.807) is 12.3 Å². The summed E-state index contributed by atoms with van der Waals surface area (Å²) < 4.78 is 5.61. The number of amides is 1. The first-order valence-electron chi connectivity index (χ1n) is 10.4. The van der Waals surface area contributed by atoms with Gasteiger partial charge < -0.3 is 15.0 Å². The van der Waals surface area contributed by atoms with Crippen LogP contribution in [0.4, 0.5) is 5.95 Å². The third-order valence-electron chi connectivity index (χ3n) is 5.38. The Morgan fingerprint density at radius 3 is 2.76 bits per heavy atom. The number of hydrogen-bond donors (Lipinski definition) is 1. The van der Waals surface area contributed by atoms with Gasteiger partial charge in [-0.05, 0) is 31.4 Å². The lowest BCUT2D eigenvalue weighted by Crippen LogP contribution is -2.35. The van der Waals surface area contributed by atoms with Gasteiger partial charge in [-0.15, -0.1) is 0 Å². The van der Waals surface area contributed by atoms with Crippen molar-refractivity contribution in [2.75, 3.05) is 44.6 Å². The van der Waals surface area contributed by atoms with Gasteiger partial charge in [0.05, 0.1) is 6.10 Å². The topological polar surface area (TPSA) is 83.5 Å². The monoisotopic (exact) mass is 396 g/mol. The van der Waals surface area contributed by atoms with E-state index < -0.39 is 0 Å². The van der Waals surface area contributed by atoms with Gasteiger partial charge in [0, 0.05) is 70.0 Å². The van der Waals surface area contributed by atoms with Crippen LogP contribution in [0.25, 0.3) is 0 Å². The van der Waals surface area contributed by atoms with Gasteiger partial charge in [0.1, 0.15) is 5.69 Å². The number of rotatable bonds is 6. The van der Waals surface area contributed by atoms with Crippen LogP contribution in [-0.2, 0) is 11.3 Å². The van der Waals surface area contributed by atoms with Gasteiger partial charge in [-0.25, -0.2) is 9.97 Å². The number of nitrogens with zero attached hydrogens (tertiary/aromatic N) is 5. The maximum Gasteiger partial charge on any atom is 0.272 e. The summed E-state index contributed by atoms with van der Waals surface area (Å²) in [6, 6.07) is 5.45. The van der Waals surface area contributed by atoms with Crippen LogP contribution in [0, 0.1) is 0 Å². The molecule has 4 heterocycles. The van der Waals surface area contributed by atoms with E-state index in [0.717, 1.165) is 64.2 Å². The zero-order valence-electron chi connectivity index (χ0n) is 16.7. The van der Waals surface area contributed by atoms with Gasteiger partial charge in [-0.2, -0.15) is 0 Å². The summed E-state index contributed by atoms with van der Waals surface area (Å²) in [4.78, 5) is 29.9. The van der Waals surface area contributed by atoms with Crippen LogP contribution in [0.3, 0.4) is 0 Å². The minimum atomic E-state index is 0.0115. The maximum atomic E-state index is 12.6. The molecule has 2 aliphatic rings. The Morgan fingerprint density at radius 2 is 2.00 bits per heavy atom. The molecule has 2 fully saturated rings. The summed E-state index contributed by atoms with van der Waals surface area (Å²) in [5.41, 5.74) is 1.60. The van der Waals surface area contributed by atoms with E-state index in [2.05, 4.69) is 25.2 Å². The van der Waals surface area contributed by atoms with Crippen LogP contribution < -0.4 is 5.32 Å². The molecule has 2 saturated heterocycles. The van der Waals surface area contributed by atoms with Gasteiger partial charge in [0.15, 0.2) is 0 Å². The Balaban J connectivity index is 1.26. The normalized spacial score (nSPS) is 20.4. The smallest absolute Gasteiger partial charge is 0.272 e. The molecule has 154 valence electrons. The van der Waals surface area contributed by atoms with Crippen LogP contribution in [0.15, 0.2) is 36.8 Å². The number of carbonyl (C=O) groups is 1. The molecule has 8 nitrogen and oxygen atoms in total. The minimum Gasteiger partial charge on any atom is -0.376 e. The number of nitrogens with one attached hydrogen (secondary N) is 1. The molecule has 0 bridgehead atoms. The van der Waals surface area contributed by atoms with Crippen LogP contribution in [0.1, 0.15) is 35.3 Å². The Bertz CT molecular complexity index is 780. The van der Waals surface area contributed by atoms with Crippen molar-refractivity contribution in [2.24, 2.45) is 0 Å². The molecule has 1 unspecified atom stereocenters. The number of ether oxygens (including phenoxy) is 1. The molecule has 0 saturated carbocycles. The van der Waals surface area contributed by atoms with E-state index in [0.29, 0.717) is 18.2 Å². The minimum absolute atomic E-state index is 0.0115. The molecule has 29 heavy (non-hydrogen) atoms. The second kappa shape index (κ2) is 9.76. The quantitative estimate of drug-likeness (QED) is 0.797. The number of anilines is 1. The standard InChI is InChI=1S/C21H28N6O2/c28-20(19-6-1-2-7-22-19)27-9-4-8-26(10-11-27)16-17-13-23-21(24-14-17)25-15-18-5-3-12-29-18/h1-2,6-7,13-14,18H,3-5,8-12,15-16H2,(H,23,24,25). The van der Waals surface area contributed by atoms with Crippen LogP contribution in [0.2, 0.25) is 0 Å². The Morgan fingerprint density at radius 1 is 1.10 bits per heavy atom. The van der Waals surface area contributed by atoms with Gasteiger partial charge in [0.25, 0.3) is 5.91 Å². The first kappa shape index (κ1) is 19.7. The summed E-state index contributed by atoms with van der Waals surface area (Å²) >= 11 is 0. The molecule has 1 atom stereocenters. The average Bonchev–Trinajstić information content (AvgIpc) is 3.19. The first-order chi connectivity index (χ1) is 14.3. The van der Waals surface area contributed by atoms with E-state index in [1.165, 1.54) is 0 Å². The van der Waals surface area contributed by atoms with Crippen LogP contribution >= 0.6 is 0 Å². The van der Waals surface area contributed by atoms with Crippen LogP contribution in [-0.4, -0.2) is 76.1 Å². The highest BCUT2D eigenvalue weighted by molar-refractivity contribution is 5.92.